The van der Waals surface area contributed by atoms with E-state index in [9.17, 15) is 9.59 Å². The Bertz CT molecular complexity index is 901. The Morgan fingerprint density at radius 3 is 2.66 bits per heavy atom. The van der Waals surface area contributed by atoms with E-state index in [1.165, 1.54) is 0 Å². The lowest BCUT2D eigenvalue weighted by atomic mass is 10.1. The van der Waals surface area contributed by atoms with Gasteiger partial charge in [-0.2, -0.15) is 0 Å². The van der Waals surface area contributed by atoms with Crippen LogP contribution in [-0.2, 0) is 9.53 Å². The molecule has 0 saturated carbocycles. The van der Waals surface area contributed by atoms with Gasteiger partial charge in [0.05, 0.1) is 36.6 Å². The van der Waals surface area contributed by atoms with Gasteiger partial charge in [-0.3, -0.25) is 9.59 Å². The first-order valence-electron chi connectivity index (χ1n) is 10.1. The van der Waals surface area contributed by atoms with E-state index in [4.69, 9.17) is 9.15 Å². The SMILES string of the molecule is C=C(C)C(CC(=O)N1C[C@@H]2C[C@H]1CN2C(=O)c1ccc(-c2ccco2)[nH]1)OCC. The molecule has 2 aliphatic rings. The summed E-state index contributed by atoms with van der Waals surface area (Å²) in [5, 5.41) is 0. The van der Waals surface area contributed by atoms with Gasteiger partial charge in [0.15, 0.2) is 0 Å². The number of aromatic nitrogens is 1. The van der Waals surface area contributed by atoms with Gasteiger partial charge < -0.3 is 23.9 Å². The van der Waals surface area contributed by atoms with Crippen molar-refractivity contribution < 1.29 is 18.7 Å². The third kappa shape index (κ3) is 3.74. The number of hydrogen-bond donors (Lipinski definition) is 1. The van der Waals surface area contributed by atoms with E-state index in [0.717, 1.165) is 17.7 Å². The van der Waals surface area contributed by atoms with Crippen molar-refractivity contribution >= 4 is 11.8 Å². The van der Waals surface area contributed by atoms with E-state index in [0.29, 0.717) is 37.6 Å². The molecule has 154 valence electrons. The fourth-order valence-corrected chi connectivity index (χ4v) is 4.32. The van der Waals surface area contributed by atoms with Crippen LogP contribution in [0.2, 0.25) is 0 Å². The molecule has 2 saturated heterocycles. The molecular weight excluding hydrogens is 370 g/mol. The van der Waals surface area contributed by atoms with Crippen molar-refractivity contribution in [2.45, 2.75) is 44.9 Å². The molecule has 0 aliphatic carbocycles. The number of rotatable bonds is 7. The highest BCUT2D eigenvalue weighted by Gasteiger charge is 2.47. The molecule has 29 heavy (non-hydrogen) atoms. The van der Waals surface area contributed by atoms with Crippen LogP contribution in [0, 0.1) is 0 Å². The zero-order chi connectivity index (χ0) is 20.5. The van der Waals surface area contributed by atoms with Crippen LogP contribution < -0.4 is 0 Å². The molecule has 1 unspecified atom stereocenters. The molecule has 4 rings (SSSR count). The van der Waals surface area contributed by atoms with E-state index in [2.05, 4.69) is 11.6 Å². The minimum absolute atomic E-state index is 0.0310. The Morgan fingerprint density at radius 2 is 2.03 bits per heavy atom. The number of amides is 2. The topological polar surface area (TPSA) is 78.8 Å². The minimum Gasteiger partial charge on any atom is -0.463 e. The number of fused-ring (bicyclic) bond motifs is 2. The number of carbonyl (C=O) groups is 2. The smallest absolute Gasteiger partial charge is 0.270 e. The number of hydrogen-bond acceptors (Lipinski definition) is 4. The Morgan fingerprint density at radius 1 is 1.28 bits per heavy atom. The summed E-state index contributed by atoms with van der Waals surface area (Å²) < 4.78 is 11.0. The second kappa shape index (κ2) is 7.91. The van der Waals surface area contributed by atoms with Crippen molar-refractivity contribution in [3.05, 3.63) is 48.4 Å². The lowest BCUT2D eigenvalue weighted by Crippen LogP contribution is -2.51. The van der Waals surface area contributed by atoms with E-state index >= 15 is 0 Å². The predicted octanol–water partition coefficient (Wildman–Crippen LogP) is 3.07. The fourth-order valence-electron chi connectivity index (χ4n) is 4.32. The highest BCUT2D eigenvalue weighted by molar-refractivity contribution is 5.94. The maximum atomic E-state index is 13.0. The maximum Gasteiger partial charge on any atom is 0.270 e. The van der Waals surface area contributed by atoms with Gasteiger partial charge in [-0.05, 0) is 44.5 Å². The lowest BCUT2D eigenvalue weighted by Gasteiger charge is -2.34. The zero-order valence-corrected chi connectivity index (χ0v) is 16.9. The Kier molecular flexibility index (Phi) is 5.32. The molecule has 2 amide bonds. The highest BCUT2D eigenvalue weighted by Crippen LogP contribution is 2.33. The molecule has 0 radical (unpaired) electrons. The van der Waals surface area contributed by atoms with Crippen LogP contribution in [0.5, 0.6) is 0 Å². The molecule has 7 nitrogen and oxygen atoms in total. The summed E-state index contributed by atoms with van der Waals surface area (Å²) in [5.74, 6) is 0.743. The molecule has 2 fully saturated rings. The van der Waals surface area contributed by atoms with Crippen molar-refractivity contribution in [2.75, 3.05) is 19.7 Å². The van der Waals surface area contributed by atoms with Crippen LogP contribution in [0.3, 0.4) is 0 Å². The Balaban J connectivity index is 1.38. The monoisotopic (exact) mass is 397 g/mol. The standard InChI is InChI=1S/C22H27N3O4/c1-4-28-20(14(2)3)11-21(26)24-12-16-10-15(24)13-25(16)22(27)18-8-7-17(23-18)19-6-5-9-29-19/h5-9,15-16,20,23H,2,4,10-13H2,1,3H3/t15-,16-,20?/m0/s1. The van der Waals surface area contributed by atoms with Gasteiger partial charge in [-0.1, -0.05) is 12.2 Å². The van der Waals surface area contributed by atoms with Gasteiger partial charge in [-0.15, -0.1) is 0 Å². The molecule has 0 spiro atoms. The van der Waals surface area contributed by atoms with Crippen LogP contribution >= 0.6 is 0 Å². The number of aromatic amines is 1. The van der Waals surface area contributed by atoms with Gasteiger partial charge >= 0.3 is 0 Å². The average molecular weight is 397 g/mol. The number of H-pyrrole nitrogens is 1. The van der Waals surface area contributed by atoms with E-state index in [1.807, 2.05) is 41.8 Å². The van der Waals surface area contributed by atoms with Crippen molar-refractivity contribution in [3.8, 4) is 11.5 Å². The van der Waals surface area contributed by atoms with E-state index < -0.39 is 0 Å². The lowest BCUT2D eigenvalue weighted by molar-refractivity contribution is -0.135. The number of piperazine rings is 1. The summed E-state index contributed by atoms with van der Waals surface area (Å²) in [6.07, 6.45) is 2.49. The first-order valence-corrected chi connectivity index (χ1v) is 10.1. The van der Waals surface area contributed by atoms with E-state index in [1.54, 1.807) is 12.3 Å². The van der Waals surface area contributed by atoms with Crippen LogP contribution in [0.4, 0.5) is 0 Å². The molecule has 7 heteroatoms. The quantitative estimate of drug-likeness (QED) is 0.729. The van der Waals surface area contributed by atoms with Gasteiger partial charge in [-0.25, -0.2) is 0 Å². The molecule has 1 N–H and O–H groups in total. The third-order valence-electron chi connectivity index (χ3n) is 5.80. The number of ether oxygens (including phenoxy) is 1. The Hall–Kier alpha value is -2.80. The van der Waals surface area contributed by atoms with Gasteiger partial charge in [0.25, 0.3) is 5.91 Å². The number of likely N-dealkylation sites (tertiary alicyclic amines) is 2. The van der Waals surface area contributed by atoms with Crippen LogP contribution in [0.1, 0.15) is 37.2 Å². The molecule has 0 aromatic carbocycles. The van der Waals surface area contributed by atoms with Crippen molar-refractivity contribution in [2.24, 2.45) is 0 Å². The van der Waals surface area contributed by atoms with Gasteiger partial charge in [0.1, 0.15) is 11.5 Å². The second-order valence-corrected chi connectivity index (χ2v) is 7.80. The summed E-state index contributed by atoms with van der Waals surface area (Å²) in [6.45, 7) is 9.43. The van der Waals surface area contributed by atoms with Crippen LogP contribution in [0.15, 0.2) is 47.1 Å². The molecule has 4 heterocycles. The summed E-state index contributed by atoms with van der Waals surface area (Å²) in [5.41, 5.74) is 2.18. The van der Waals surface area contributed by atoms with Crippen LogP contribution in [0.25, 0.3) is 11.5 Å². The van der Waals surface area contributed by atoms with E-state index in [-0.39, 0.29) is 30.0 Å². The molecule has 2 aromatic heterocycles. The van der Waals surface area contributed by atoms with Crippen molar-refractivity contribution in [1.82, 2.24) is 14.8 Å². The largest absolute Gasteiger partial charge is 0.463 e. The summed E-state index contributed by atoms with van der Waals surface area (Å²) in [6, 6.07) is 7.43. The molecule has 2 aliphatic heterocycles. The normalized spacial score (nSPS) is 21.6. The van der Waals surface area contributed by atoms with Gasteiger partial charge in [0.2, 0.25) is 5.91 Å². The molecular formula is C22H27N3O4. The van der Waals surface area contributed by atoms with Crippen molar-refractivity contribution in [1.29, 1.82) is 0 Å². The molecule has 2 aromatic rings. The number of carbonyl (C=O) groups excluding carboxylic acids is 2. The predicted molar refractivity (Wildman–Crippen MR) is 108 cm³/mol. The zero-order valence-electron chi connectivity index (χ0n) is 16.9. The molecule has 2 bridgehead atoms. The Labute approximate surface area is 170 Å². The first-order chi connectivity index (χ1) is 14.0. The maximum absolute atomic E-state index is 13.0. The summed E-state index contributed by atoms with van der Waals surface area (Å²) in [7, 11) is 0. The fraction of sp³-hybridized carbons (Fsp3) is 0.455. The molecule has 3 atom stereocenters. The van der Waals surface area contributed by atoms with Crippen molar-refractivity contribution in [3.63, 3.8) is 0 Å². The third-order valence-corrected chi connectivity index (χ3v) is 5.80. The number of nitrogens with zero attached hydrogens (tertiary/aromatic N) is 2. The first kappa shape index (κ1) is 19.5. The average Bonchev–Trinajstić information content (AvgIpc) is 3.49. The summed E-state index contributed by atoms with van der Waals surface area (Å²) >= 11 is 0. The number of furan rings is 1. The second-order valence-electron chi connectivity index (χ2n) is 7.80. The highest BCUT2D eigenvalue weighted by atomic mass is 16.5. The summed E-state index contributed by atoms with van der Waals surface area (Å²) in [4.78, 5) is 32.7. The minimum atomic E-state index is -0.247. The number of nitrogens with one attached hydrogen (secondary N) is 1. The van der Waals surface area contributed by atoms with Crippen LogP contribution in [-0.4, -0.2) is 64.5 Å². The van der Waals surface area contributed by atoms with Gasteiger partial charge in [0, 0.05) is 19.7 Å².